The molecule has 12 heteroatoms. The maximum absolute atomic E-state index is 13.7. The number of hydrogen-bond donors (Lipinski definition) is 3. The van der Waals surface area contributed by atoms with Crippen LogP contribution in [0.5, 0.6) is 5.75 Å². The molecule has 3 N–H and O–H groups in total. The van der Waals surface area contributed by atoms with Crippen molar-refractivity contribution in [3.8, 4) is 5.75 Å². The molecule has 48 heavy (non-hydrogen) atoms. The summed E-state index contributed by atoms with van der Waals surface area (Å²) < 4.78 is 27.4. The Hall–Kier alpha value is -5.20. The van der Waals surface area contributed by atoms with Gasteiger partial charge in [-0.3, -0.25) is 4.79 Å². The topological polar surface area (TPSA) is 156 Å². The first-order valence-electron chi connectivity index (χ1n) is 15.4. The number of amides is 1. The summed E-state index contributed by atoms with van der Waals surface area (Å²) in [7, 11) is -2.66. The van der Waals surface area contributed by atoms with Crippen LogP contribution >= 0.6 is 0 Å². The van der Waals surface area contributed by atoms with Crippen molar-refractivity contribution in [3.63, 3.8) is 0 Å². The highest BCUT2D eigenvalue weighted by Gasteiger charge is 2.27. The van der Waals surface area contributed by atoms with Crippen LogP contribution in [0.15, 0.2) is 95.9 Å². The third-order valence-electron chi connectivity index (χ3n) is 8.68. The van der Waals surface area contributed by atoms with Crippen molar-refractivity contribution in [2.75, 3.05) is 36.5 Å². The maximum Gasteiger partial charge on any atom is 0.339 e. The van der Waals surface area contributed by atoms with Gasteiger partial charge in [-0.1, -0.05) is 42.0 Å². The molecule has 4 aromatic rings. The minimum Gasteiger partial charge on any atom is -0.507 e. The van der Waals surface area contributed by atoms with Crippen molar-refractivity contribution in [1.82, 2.24) is 4.31 Å². The van der Waals surface area contributed by atoms with Crippen LogP contribution in [0.2, 0.25) is 0 Å². The summed E-state index contributed by atoms with van der Waals surface area (Å²) >= 11 is 0. The molecule has 11 nitrogen and oxygen atoms in total. The molecule has 250 valence electrons. The Morgan fingerprint density at radius 2 is 1.46 bits per heavy atom. The zero-order valence-electron chi connectivity index (χ0n) is 26.6. The molecule has 0 aliphatic carbocycles. The van der Waals surface area contributed by atoms with Crippen molar-refractivity contribution in [2.24, 2.45) is 0 Å². The predicted molar refractivity (Wildman–Crippen MR) is 181 cm³/mol. The smallest absolute Gasteiger partial charge is 0.339 e. The number of rotatable bonds is 11. The third-order valence-corrected chi connectivity index (χ3v) is 10.5. The van der Waals surface area contributed by atoms with Gasteiger partial charge in [-0.2, -0.15) is 4.31 Å². The number of carboxylic acids is 2. The lowest BCUT2D eigenvalue weighted by molar-refractivity contribution is -0.118. The van der Waals surface area contributed by atoms with Gasteiger partial charge in [0.25, 0.3) is 0 Å². The number of aromatic hydroxyl groups is 1. The van der Waals surface area contributed by atoms with E-state index in [1.807, 2.05) is 43.3 Å². The van der Waals surface area contributed by atoms with Gasteiger partial charge in [-0.25, -0.2) is 18.0 Å². The first-order chi connectivity index (χ1) is 22.8. The standard InChI is InChI=1S/C36H37N3O8S/c1-24-3-14-31(15-4-24)48(46,47)37(2)23-34(41)39(30-13-16-32(36(44)45)33(40)21-30)22-25-5-7-26(8-6-25)27-17-19-38(20-18-27)29-11-9-28(10-12-29)35(42)43/h3-16,21,27,40H,17-20,22-23H2,1-2H3,(H,42,43)(H,44,45). The molecule has 0 aromatic heterocycles. The number of likely N-dealkylation sites (N-methyl/N-ethyl adjacent to an activating group) is 1. The van der Waals surface area contributed by atoms with Gasteiger partial charge < -0.3 is 25.1 Å². The van der Waals surface area contributed by atoms with Crippen molar-refractivity contribution in [3.05, 3.63) is 119 Å². The van der Waals surface area contributed by atoms with Crippen LogP contribution in [0.25, 0.3) is 0 Å². The fourth-order valence-corrected chi connectivity index (χ4v) is 6.93. The highest BCUT2D eigenvalue weighted by atomic mass is 32.2. The number of carboxylic acid groups (broad SMARTS) is 2. The van der Waals surface area contributed by atoms with Crippen LogP contribution in [0.4, 0.5) is 11.4 Å². The zero-order chi connectivity index (χ0) is 34.6. The number of aromatic carboxylic acids is 2. The van der Waals surface area contributed by atoms with E-state index in [0.717, 1.165) is 52.6 Å². The van der Waals surface area contributed by atoms with Crippen molar-refractivity contribution in [2.45, 2.75) is 37.1 Å². The normalized spacial score (nSPS) is 13.8. The Balaban J connectivity index is 1.31. The number of piperidine rings is 1. The fraction of sp³-hybridized carbons (Fsp3) is 0.250. The molecule has 0 bridgehead atoms. The van der Waals surface area contributed by atoms with E-state index in [1.165, 1.54) is 42.3 Å². The number of carbonyl (C=O) groups excluding carboxylic acids is 1. The van der Waals surface area contributed by atoms with Gasteiger partial charge in [0.05, 0.1) is 23.5 Å². The quantitative estimate of drug-likeness (QED) is 0.192. The lowest BCUT2D eigenvalue weighted by Gasteiger charge is -2.34. The number of aryl methyl sites for hydroxylation is 1. The number of hydrogen-bond acceptors (Lipinski definition) is 7. The van der Waals surface area contributed by atoms with Gasteiger partial charge >= 0.3 is 11.9 Å². The molecular formula is C36H37N3O8S. The summed E-state index contributed by atoms with van der Waals surface area (Å²) in [4.78, 5) is 40.0. The van der Waals surface area contributed by atoms with Gasteiger partial charge in [0, 0.05) is 37.6 Å². The number of sulfonamides is 1. The lowest BCUT2D eigenvalue weighted by Crippen LogP contribution is -2.41. The number of benzene rings is 4. The van der Waals surface area contributed by atoms with Gasteiger partial charge in [0.15, 0.2) is 0 Å². The molecule has 0 unspecified atom stereocenters. The summed E-state index contributed by atoms with van der Waals surface area (Å²) in [6, 6.07) is 24.8. The Kier molecular flexibility index (Phi) is 10.2. The summed E-state index contributed by atoms with van der Waals surface area (Å²) in [5, 5.41) is 28.9. The minimum absolute atomic E-state index is 0.0498. The molecule has 0 saturated carbocycles. The van der Waals surface area contributed by atoms with E-state index in [2.05, 4.69) is 4.90 Å². The first kappa shape index (κ1) is 34.1. The number of nitrogens with zero attached hydrogens (tertiary/aromatic N) is 3. The predicted octanol–water partition coefficient (Wildman–Crippen LogP) is 5.33. The molecule has 1 heterocycles. The van der Waals surface area contributed by atoms with Gasteiger partial charge in [-0.15, -0.1) is 0 Å². The molecule has 1 aliphatic heterocycles. The van der Waals surface area contributed by atoms with Crippen LogP contribution in [-0.4, -0.2) is 72.6 Å². The summed E-state index contributed by atoms with van der Waals surface area (Å²) in [5.41, 5.74) is 3.93. The van der Waals surface area contributed by atoms with E-state index in [4.69, 9.17) is 5.11 Å². The van der Waals surface area contributed by atoms with Crippen LogP contribution in [0.3, 0.4) is 0 Å². The molecule has 1 saturated heterocycles. The number of carbonyl (C=O) groups is 3. The molecule has 1 amide bonds. The fourth-order valence-electron chi connectivity index (χ4n) is 5.81. The average molecular weight is 672 g/mol. The SMILES string of the molecule is Cc1ccc(S(=O)(=O)N(C)CC(=O)N(Cc2ccc(C3CCN(c4ccc(C(=O)O)cc4)CC3)cc2)c2ccc(C(=O)O)c(O)c2)cc1. The lowest BCUT2D eigenvalue weighted by atomic mass is 9.88. The summed E-state index contributed by atoms with van der Waals surface area (Å²) in [5.74, 6) is -3.05. The van der Waals surface area contributed by atoms with Crippen LogP contribution < -0.4 is 9.80 Å². The van der Waals surface area contributed by atoms with Gasteiger partial charge in [0.1, 0.15) is 11.3 Å². The Bertz CT molecular complexity index is 1900. The Morgan fingerprint density at radius 1 is 0.833 bits per heavy atom. The van der Waals surface area contributed by atoms with Crippen molar-refractivity contribution in [1.29, 1.82) is 0 Å². The van der Waals surface area contributed by atoms with Crippen molar-refractivity contribution < 1.29 is 38.1 Å². The van der Waals surface area contributed by atoms with Gasteiger partial charge in [-0.05, 0) is 85.3 Å². The van der Waals surface area contributed by atoms with E-state index in [9.17, 15) is 33.0 Å². The monoisotopic (exact) mass is 671 g/mol. The molecular weight excluding hydrogens is 634 g/mol. The van der Waals surface area contributed by atoms with Crippen LogP contribution in [0.1, 0.15) is 56.2 Å². The molecule has 0 radical (unpaired) electrons. The average Bonchev–Trinajstić information content (AvgIpc) is 3.07. The second-order valence-corrected chi connectivity index (χ2v) is 14.0. The highest BCUT2D eigenvalue weighted by molar-refractivity contribution is 7.89. The van der Waals surface area contributed by atoms with E-state index >= 15 is 0 Å². The van der Waals surface area contributed by atoms with E-state index in [0.29, 0.717) is 5.92 Å². The number of anilines is 2. The highest BCUT2D eigenvalue weighted by Crippen LogP contribution is 2.32. The third kappa shape index (κ3) is 7.67. The first-order valence-corrected chi connectivity index (χ1v) is 16.8. The second-order valence-electron chi connectivity index (χ2n) is 11.9. The number of phenols is 1. The Labute approximate surface area is 279 Å². The maximum atomic E-state index is 13.7. The second kappa shape index (κ2) is 14.3. The van der Waals surface area contributed by atoms with E-state index < -0.39 is 40.2 Å². The Morgan fingerprint density at radius 3 is 2.02 bits per heavy atom. The molecule has 1 fully saturated rings. The van der Waals surface area contributed by atoms with Crippen LogP contribution in [0, 0.1) is 6.92 Å². The molecule has 1 aliphatic rings. The van der Waals surface area contributed by atoms with E-state index in [-0.39, 0.29) is 28.3 Å². The molecule has 4 aromatic carbocycles. The van der Waals surface area contributed by atoms with E-state index in [1.54, 1.807) is 24.3 Å². The zero-order valence-corrected chi connectivity index (χ0v) is 27.4. The van der Waals surface area contributed by atoms with Crippen molar-refractivity contribution >= 4 is 39.2 Å². The van der Waals surface area contributed by atoms with Crippen LogP contribution in [-0.2, 0) is 21.4 Å². The van der Waals surface area contributed by atoms with Gasteiger partial charge in [0.2, 0.25) is 15.9 Å². The minimum atomic E-state index is -3.98. The summed E-state index contributed by atoms with van der Waals surface area (Å²) in [6.45, 7) is 3.03. The molecule has 0 spiro atoms. The molecule has 0 atom stereocenters. The largest absolute Gasteiger partial charge is 0.507 e. The molecule has 5 rings (SSSR count). The summed E-state index contributed by atoms with van der Waals surface area (Å²) in [6.07, 6.45) is 1.81.